The molecule has 126 valence electrons. The number of nitrogens with one attached hydrogen (secondary N) is 1. The van der Waals surface area contributed by atoms with Crippen molar-refractivity contribution in [3.05, 3.63) is 53.4 Å². The maximum absolute atomic E-state index is 12.7. The Balaban J connectivity index is 1.85. The molecule has 0 aliphatic carbocycles. The first-order valence-corrected chi connectivity index (χ1v) is 8.49. The summed E-state index contributed by atoms with van der Waals surface area (Å²) in [4.78, 5) is 14.6. The zero-order valence-corrected chi connectivity index (χ0v) is 14.1. The van der Waals surface area contributed by atoms with Crippen molar-refractivity contribution in [1.29, 1.82) is 0 Å². The minimum absolute atomic E-state index is 0.0650. The SMILES string of the molecule is CCC(=CC(=O)N1C[C@H](c2ccccc2)[C@@H](c2nn[nH]n2)C1)CC. The summed E-state index contributed by atoms with van der Waals surface area (Å²) in [7, 11) is 0. The van der Waals surface area contributed by atoms with Crippen LogP contribution in [-0.4, -0.2) is 44.5 Å². The fraction of sp³-hybridized carbons (Fsp3) is 0.444. The summed E-state index contributed by atoms with van der Waals surface area (Å²) in [6.07, 6.45) is 3.61. The summed E-state index contributed by atoms with van der Waals surface area (Å²) in [6, 6.07) is 10.3. The van der Waals surface area contributed by atoms with Crippen LogP contribution in [0.4, 0.5) is 0 Å². The fourth-order valence-electron chi connectivity index (χ4n) is 3.33. The van der Waals surface area contributed by atoms with Gasteiger partial charge in [-0.1, -0.05) is 55.0 Å². The molecule has 0 unspecified atom stereocenters. The molecule has 2 atom stereocenters. The number of rotatable bonds is 5. The smallest absolute Gasteiger partial charge is 0.246 e. The zero-order chi connectivity index (χ0) is 16.9. The van der Waals surface area contributed by atoms with Crippen LogP contribution < -0.4 is 0 Å². The van der Waals surface area contributed by atoms with Gasteiger partial charge in [0.15, 0.2) is 5.82 Å². The van der Waals surface area contributed by atoms with E-state index in [-0.39, 0.29) is 17.7 Å². The van der Waals surface area contributed by atoms with E-state index < -0.39 is 0 Å². The van der Waals surface area contributed by atoms with E-state index in [2.05, 4.69) is 46.6 Å². The molecule has 1 aliphatic rings. The van der Waals surface area contributed by atoms with Crippen molar-refractivity contribution < 1.29 is 4.79 Å². The predicted octanol–water partition coefficient (Wildman–Crippen LogP) is 2.66. The number of carbonyl (C=O) groups excluding carboxylic acids is 1. The first-order valence-electron chi connectivity index (χ1n) is 8.49. The molecule has 0 radical (unpaired) electrons. The largest absolute Gasteiger partial charge is 0.338 e. The summed E-state index contributed by atoms with van der Waals surface area (Å²) in [5.74, 6) is 1.01. The highest BCUT2D eigenvalue weighted by Gasteiger charge is 2.38. The molecular formula is C18H23N5O. The Labute approximate surface area is 142 Å². The number of hydrogen-bond acceptors (Lipinski definition) is 4. The summed E-state index contributed by atoms with van der Waals surface area (Å²) < 4.78 is 0. The second-order valence-electron chi connectivity index (χ2n) is 6.15. The van der Waals surface area contributed by atoms with E-state index in [1.807, 2.05) is 23.1 Å². The standard InChI is InChI=1S/C18H23N5O/c1-3-13(4-2)10-17(24)23-11-15(14-8-6-5-7-9-14)16(12-23)18-19-21-22-20-18/h5-10,15-16H,3-4,11-12H2,1-2H3,(H,19,20,21,22)/t15-,16+/m1/s1. The highest BCUT2D eigenvalue weighted by molar-refractivity contribution is 5.88. The molecule has 1 aromatic heterocycles. The van der Waals surface area contributed by atoms with Crippen LogP contribution in [0.15, 0.2) is 42.0 Å². The molecule has 1 aliphatic heterocycles. The molecule has 1 amide bonds. The molecule has 6 nitrogen and oxygen atoms in total. The van der Waals surface area contributed by atoms with E-state index in [1.54, 1.807) is 6.08 Å². The van der Waals surface area contributed by atoms with Crippen molar-refractivity contribution in [2.45, 2.75) is 38.5 Å². The average molecular weight is 325 g/mol. The van der Waals surface area contributed by atoms with Gasteiger partial charge in [0.25, 0.3) is 0 Å². The van der Waals surface area contributed by atoms with Gasteiger partial charge < -0.3 is 4.90 Å². The van der Waals surface area contributed by atoms with E-state index in [0.29, 0.717) is 18.9 Å². The van der Waals surface area contributed by atoms with Gasteiger partial charge in [0.1, 0.15) is 0 Å². The van der Waals surface area contributed by atoms with Crippen LogP contribution in [0.2, 0.25) is 0 Å². The lowest BCUT2D eigenvalue weighted by Crippen LogP contribution is -2.27. The lowest BCUT2D eigenvalue weighted by atomic mass is 9.88. The van der Waals surface area contributed by atoms with Gasteiger partial charge in [0.05, 0.1) is 0 Å². The van der Waals surface area contributed by atoms with Crippen LogP contribution >= 0.6 is 0 Å². The van der Waals surface area contributed by atoms with Crippen LogP contribution in [0.3, 0.4) is 0 Å². The van der Waals surface area contributed by atoms with Crippen molar-refractivity contribution in [1.82, 2.24) is 25.5 Å². The Hall–Kier alpha value is -2.50. The first kappa shape index (κ1) is 16.4. The molecule has 24 heavy (non-hydrogen) atoms. The van der Waals surface area contributed by atoms with Crippen molar-refractivity contribution >= 4 is 5.91 Å². The van der Waals surface area contributed by atoms with Gasteiger partial charge in [0.2, 0.25) is 5.91 Å². The van der Waals surface area contributed by atoms with E-state index in [4.69, 9.17) is 0 Å². The number of nitrogens with zero attached hydrogens (tertiary/aromatic N) is 4. The Kier molecular flexibility index (Phi) is 5.03. The molecule has 1 aromatic carbocycles. The second-order valence-corrected chi connectivity index (χ2v) is 6.15. The summed E-state index contributed by atoms with van der Waals surface area (Å²) in [5, 5.41) is 14.5. The van der Waals surface area contributed by atoms with E-state index in [9.17, 15) is 4.79 Å². The van der Waals surface area contributed by atoms with Gasteiger partial charge in [-0.2, -0.15) is 5.21 Å². The molecule has 1 saturated heterocycles. The van der Waals surface area contributed by atoms with Crippen LogP contribution in [0.5, 0.6) is 0 Å². The molecule has 1 N–H and O–H groups in total. The number of H-pyrrole nitrogens is 1. The van der Waals surface area contributed by atoms with Crippen LogP contribution in [0.25, 0.3) is 0 Å². The average Bonchev–Trinajstić information content (AvgIpc) is 3.29. The van der Waals surface area contributed by atoms with Crippen molar-refractivity contribution in [3.8, 4) is 0 Å². The predicted molar refractivity (Wildman–Crippen MR) is 91.3 cm³/mol. The third-order valence-electron chi connectivity index (χ3n) is 4.79. The first-order chi connectivity index (χ1) is 11.7. The number of carbonyl (C=O) groups is 1. The Bertz CT molecular complexity index is 689. The highest BCUT2D eigenvalue weighted by Crippen LogP contribution is 2.38. The summed E-state index contributed by atoms with van der Waals surface area (Å²) in [6.45, 7) is 5.47. The quantitative estimate of drug-likeness (QED) is 0.858. The number of likely N-dealkylation sites (tertiary alicyclic amines) is 1. The monoisotopic (exact) mass is 325 g/mol. The number of amides is 1. The number of aromatic nitrogens is 4. The number of benzene rings is 1. The molecule has 0 saturated carbocycles. The van der Waals surface area contributed by atoms with Gasteiger partial charge in [-0.15, -0.1) is 10.2 Å². The summed E-state index contributed by atoms with van der Waals surface area (Å²) in [5.41, 5.74) is 2.39. The van der Waals surface area contributed by atoms with Gasteiger partial charge in [0, 0.05) is 31.0 Å². The Morgan fingerprint density at radius 3 is 2.54 bits per heavy atom. The van der Waals surface area contributed by atoms with Crippen molar-refractivity contribution in [3.63, 3.8) is 0 Å². The molecule has 3 rings (SSSR count). The third kappa shape index (κ3) is 3.37. The zero-order valence-electron chi connectivity index (χ0n) is 14.1. The van der Waals surface area contributed by atoms with Crippen LogP contribution in [-0.2, 0) is 4.79 Å². The number of hydrogen-bond donors (Lipinski definition) is 1. The minimum Gasteiger partial charge on any atom is -0.338 e. The molecule has 6 heteroatoms. The van der Waals surface area contributed by atoms with E-state index in [1.165, 1.54) is 11.1 Å². The molecule has 2 aromatic rings. The van der Waals surface area contributed by atoms with Gasteiger partial charge >= 0.3 is 0 Å². The maximum Gasteiger partial charge on any atom is 0.246 e. The lowest BCUT2D eigenvalue weighted by molar-refractivity contribution is -0.125. The molecule has 0 spiro atoms. The molecular weight excluding hydrogens is 302 g/mol. The normalized spacial score (nSPS) is 20.2. The van der Waals surface area contributed by atoms with Crippen molar-refractivity contribution in [2.75, 3.05) is 13.1 Å². The number of aromatic amines is 1. The third-order valence-corrected chi connectivity index (χ3v) is 4.79. The topological polar surface area (TPSA) is 74.8 Å². The number of tetrazole rings is 1. The van der Waals surface area contributed by atoms with Gasteiger partial charge in [-0.25, -0.2) is 0 Å². The van der Waals surface area contributed by atoms with Gasteiger partial charge in [-0.05, 0) is 18.4 Å². The Morgan fingerprint density at radius 1 is 1.21 bits per heavy atom. The molecule has 1 fully saturated rings. The highest BCUT2D eigenvalue weighted by atomic mass is 16.2. The van der Waals surface area contributed by atoms with Crippen molar-refractivity contribution in [2.24, 2.45) is 0 Å². The second kappa shape index (κ2) is 7.38. The van der Waals surface area contributed by atoms with Crippen LogP contribution in [0, 0.1) is 0 Å². The fourth-order valence-corrected chi connectivity index (χ4v) is 3.33. The van der Waals surface area contributed by atoms with Crippen LogP contribution in [0.1, 0.15) is 49.9 Å². The van der Waals surface area contributed by atoms with E-state index in [0.717, 1.165) is 12.8 Å². The van der Waals surface area contributed by atoms with E-state index >= 15 is 0 Å². The molecule has 0 bridgehead atoms. The molecule has 2 heterocycles. The van der Waals surface area contributed by atoms with Gasteiger partial charge in [-0.3, -0.25) is 4.79 Å². The lowest BCUT2D eigenvalue weighted by Gasteiger charge is -2.15. The minimum atomic E-state index is 0.0650. The summed E-state index contributed by atoms with van der Waals surface area (Å²) >= 11 is 0. The number of allylic oxidation sites excluding steroid dienone is 1. The maximum atomic E-state index is 12.7. The Morgan fingerprint density at radius 2 is 1.92 bits per heavy atom.